The van der Waals surface area contributed by atoms with Crippen LogP contribution in [0.1, 0.15) is 23.7 Å². The van der Waals surface area contributed by atoms with Gasteiger partial charge in [0.05, 0.1) is 15.8 Å². The number of carbonyl (C=O) groups excluding carboxylic acids is 2. The van der Waals surface area contributed by atoms with Gasteiger partial charge in [-0.25, -0.2) is 4.79 Å². The highest BCUT2D eigenvalue weighted by Gasteiger charge is 2.66. The Morgan fingerprint density at radius 2 is 2.04 bits per heavy atom. The summed E-state index contributed by atoms with van der Waals surface area (Å²) in [4.78, 5) is 25.7. The van der Waals surface area contributed by atoms with Gasteiger partial charge in [0.2, 0.25) is 5.91 Å². The van der Waals surface area contributed by atoms with Crippen LogP contribution >= 0.6 is 54.5 Å². The molecule has 3 rings (SSSR count). The van der Waals surface area contributed by atoms with Crippen LogP contribution in [0.2, 0.25) is 0 Å². The van der Waals surface area contributed by atoms with Gasteiger partial charge in [0, 0.05) is 15.8 Å². The van der Waals surface area contributed by atoms with Crippen LogP contribution in [0.5, 0.6) is 0 Å². The summed E-state index contributed by atoms with van der Waals surface area (Å²) in [6.07, 6.45) is 0.683. The minimum absolute atomic E-state index is 0.129. The van der Waals surface area contributed by atoms with Crippen molar-refractivity contribution in [2.75, 3.05) is 12.4 Å². The fourth-order valence-corrected chi connectivity index (χ4v) is 5.50. The molecule has 0 aliphatic heterocycles. The number of ether oxygens (including phenoxy) is 1. The largest absolute Gasteiger partial charge is 0.465 e. The van der Waals surface area contributed by atoms with Gasteiger partial charge in [-0.2, -0.15) is 0 Å². The smallest absolute Gasteiger partial charge is 0.341 e. The average molecular weight is 479 g/mol. The fraction of sp³-hybridized carbons (Fsp3) is 0.333. The maximum Gasteiger partial charge on any atom is 0.341 e. The number of rotatable bonds is 4. The first-order chi connectivity index (χ1) is 10.8. The van der Waals surface area contributed by atoms with E-state index in [9.17, 15) is 9.59 Å². The third kappa shape index (κ3) is 2.90. The molecular weight excluding hydrogens is 466 g/mol. The number of methoxy groups -OCH3 is 1. The lowest BCUT2D eigenvalue weighted by atomic mass is 10.1. The molecule has 2 aromatic heterocycles. The van der Waals surface area contributed by atoms with Gasteiger partial charge in [-0.3, -0.25) is 4.79 Å². The van der Waals surface area contributed by atoms with Gasteiger partial charge in [-0.05, 0) is 24.8 Å². The van der Waals surface area contributed by atoms with Gasteiger partial charge in [-0.15, -0.1) is 22.7 Å². The van der Waals surface area contributed by atoms with Crippen molar-refractivity contribution in [2.45, 2.75) is 16.6 Å². The minimum Gasteiger partial charge on any atom is -0.465 e. The van der Waals surface area contributed by atoms with E-state index in [1.807, 2.05) is 29.8 Å². The van der Waals surface area contributed by atoms with E-state index in [1.54, 1.807) is 0 Å². The fourth-order valence-electron chi connectivity index (χ4n) is 2.26. The molecule has 1 saturated carbocycles. The number of esters is 1. The normalized spacial score (nSPS) is 21.7. The number of amides is 1. The molecule has 122 valence electrons. The van der Waals surface area contributed by atoms with Gasteiger partial charge >= 0.3 is 5.97 Å². The molecule has 1 unspecified atom stereocenters. The maximum absolute atomic E-state index is 12.6. The zero-order valence-electron chi connectivity index (χ0n) is 12.3. The monoisotopic (exact) mass is 477 g/mol. The Labute approximate surface area is 158 Å². The van der Waals surface area contributed by atoms with E-state index >= 15 is 0 Å². The number of thiophene rings is 2. The Morgan fingerprint density at radius 3 is 2.57 bits per heavy atom. The number of hydrogen-bond donors (Lipinski definition) is 1. The molecule has 1 N–H and O–H groups in total. The van der Waals surface area contributed by atoms with Gasteiger partial charge in [0.1, 0.15) is 10.6 Å². The number of hydrogen-bond acceptors (Lipinski definition) is 5. The summed E-state index contributed by atoms with van der Waals surface area (Å²) < 4.78 is 4.52. The molecule has 1 aliphatic carbocycles. The van der Waals surface area contributed by atoms with E-state index in [2.05, 4.69) is 37.2 Å². The molecule has 0 bridgehead atoms. The van der Waals surface area contributed by atoms with E-state index in [0.717, 1.165) is 10.4 Å². The molecule has 2 aromatic rings. The van der Waals surface area contributed by atoms with Crippen molar-refractivity contribution in [1.82, 2.24) is 0 Å². The summed E-state index contributed by atoms with van der Waals surface area (Å²) in [6, 6.07) is 3.86. The predicted molar refractivity (Wildman–Crippen MR) is 101 cm³/mol. The molecule has 0 saturated heterocycles. The quantitative estimate of drug-likeness (QED) is 0.491. The molecule has 0 aromatic carbocycles. The standard InChI is InChI=1S/C15H13Br2NO3S2/c1-14(7-15(14,16)17)13(20)18-11-10(12(19)21-2)8(6-23-11)9-4-3-5-22-9/h3-6H,7H2,1-2H3,(H,18,20). The van der Waals surface area contributed by atoms with Crippen LogP contribution in [0.15, 0.2) is 22.9 Å². The van der Waals surface area contributed by atoms with Crippen molar-refractivity contribution in [1.29, 1.82) is 0 Å². The lowest BCUT2D eigenvalue weighted by Crippen LogP contribution is -2.26. The number of nitrogens with one attached hydrogen (secondary N) is 1. The van der Waals surface area contributed by atoms with E-state index in [4.69, 9.17) is 4.74 Å². The second-order valence-electron chi connectivity index (χ2n) is 5.49. The second kappa shape index (κ2) is 5.98. The number of alkyl halides is 2. The second-order valence-corrected chi connectivity index (χ2v) is 11.1. The van der Waals surface area contributed by atoms with Crippen molar-refractivity contribution in [3.8, 4) is 10.4 Å². The Hall–Kier alpha value is -0.700. The van der Waals surface area contributed by atoms with Crippen molar-refractivity contribution in [3.05, 3.63) is 28.5 Å². The Bertz CT molecular complexity index is 770. The van der Waals surface area contributed by atoms with Crippen LogP contribution < -0.4 is 5.32 Å². The van der Waals surface area contributed by atoms with Gasteiger partial charge in [-0.1, -0.05) is 37.9 Å². The van der Waals surface area contributed by atoms with Gasteiger partial charge in [0.15, 0.2) is 0 Å². The number of anilines is 1. The summed E-state index contributed by atoms with van der Waals surface area (Å²) in [5, 5.41) is 7.23. The molecule has 23 heavy (non-hydrogen) atoms. The number of carbonyl (C=O) groups is 2. The highest BCUT2D eigenvalue weighted by Crippen LogP contribution is 2.66. The first-order valence-electron chi connectivity index (χ1n) is 6.73. The van der Waals surface area contributed by atoms with Crippen LogP contribution in [0.25, 0.3) is 10.4 Å². The van der Waals surface area contributed by atoms with Crippen LogP contribution in [-0.2, 0) is 9.53 Å². The molecule has 0 spiro atoms. The van der Waals surface area contributed by atoms with Crippen molar-refractivity contribution >= 4 is 71.4 Å². The summed E-state index contributed by atoms with van der Waals surface area (Å²) in [6.45, 7) is 1.87. The van der Waals surface area contributed by atoms with Crippen molar-refractivity contribution < 1.29 is 14.3 Å². The Balaban J connectivity index is 1.94. The molecule has 0 radical (unpaired) electrons. The van der Waals surface area contributed by atoms with E-state index in [-0.39, 0.29) is 9.14 Å². The van der Waals surface area contributed by atoms with Crippen LogP contribution in [0, 0.1) is 5.41 Å². The van der Waals surface area contributed by atoms with Crippen LogP contribution in [-0.4, -0.2) is 22.2 Å². The molecule has 4 nitrogen and oxygen atoms in total. The summed E-state index contributed by atoms with van der Waals surface area (Å²) >= 11 is 9.85. The van der Waals surface area contributed by atoms with Gasteiger partial charge < -0.3 is 10.1 Å². The Kier molecular flexibility index (Phi) is 4.46. The summed E-state index contributed by atoms with van der Waals surface area (Å²) in [5.74, 6) is -0.578. The summed E-state index contributed by atoms with van der Waals surface area (Å²) in [5.41, 5.74) is 0.650. The Morgan fingerprint density at radius 1 is 1.35 bits per heavy atom. The zero-order valence-corrected chi connectivity index (χ0v) is 17.1. The third-order valence-corrected chi connectivity index (χ3v) is 8.06. The van der Waals surface area contributed by atoms with Crippen LogP contribution in [0.3, 0.4) is 0 Å². The van der Waals surface area contributed by atoms with E-state index < -0.39 is 11.4 Å². The van der Waals surface area contributed by atoms with E-state index in [0.29, 0.717) is 17.0 Å². The molecule has 2 heterocycles. The predicted octanol–water partition coefficient (Wildman–Crippen LogP) is 5.10. The third-order valence-electron chi connectivity index (χ3n) is 3.95. The first kappa shape index (κ1) is 17.1. The highest BCUT2D eigenvalue weighted by atomic mass is 79.9. The molecular formula is C15H13Br2NO3S2. The van der Waals surface area contributed by atoms with Gasteiger partial charge in [0.25, 0.3) is 0 Å². The average Bonchev–Trinajstić information content (AvgIpc) is 2.96. The zero-order chi connectivity index (χ0) is 16.8. The summed E-state index contributed by atoms with van der Waals surface area (Å²) in [7, 11) is 1.34. The molecule has 8 heteroatoms. The topological polar surface area (TPSA) is 55.4 Å². The first-order valence-corrected chi connectivity index (χ1v) is 10.1. The molecule has 1 atom stereocenters. The maximum atomic E-state index is 12.6. The van der Waals surface area contributed by atoms with Crippen LogP contribution in [0.4, 0.5) is 5.00 Å². The lowest BCUT2D eigenvalue weighted by molar-refractivity contribution is -0.120. The lowest BCUT2D eigenvalue weighted by Gasteiger charge is -2.13. The molecule has 1 aliphatic rings. The van der Waals surface area contributed by atoms with Crippen molar-refractivity contribution in [3.63, 3.8) is 0 Å². The highest BCUT2D eigenvalue weighted by molar-refractivity contribution is 9.25. The molecule has 1 amide bonds. The molecule has 1 fully saturated rings. The minimum atomic E-state index is -0.548. The number of halogens is 2. The SMILES string of the molecule is COC(=O)c1c(-c2cccs2)csc1NC(=O)C1(C)CC1(Br)Br. The van der Waals surface area contributed by atoms with E-state index in [1.165, 1.54) is 29.8 Å². The van der Waals surface area contributed by atoms with Crippen molar-refractivity contribution in [2.24, 2.45) is 5.41 Å².